The van der Waals surface area contributed by atoms with E-state index in [2.05, 4.69) is 15.6 Å². The first kappa shape index (κ1) is 26.3. The van der Waals surface area contributed by atoms with Gasteiger partial charge in [0.15, 0.2) is 4.34 Å². The number of nitrogens with zero attached hydrogens (tertiary/aromatic N) is 1. The van der Waals surface area contributed by atoms with Crippen molar-refractivity contribution in [3.05, 3.63) is 24.3 Å². The standard InChI is InChI=1S/C21H29N3O5S3/c1-12(2)16(18(26)28-6)24-17(25)14(22-19(27)29-21(3,4)5)11-30-32-20-23-13-9-7-8-10-15(13)31-20/h7-10,12,14,16H,11H2,1-6H3,(H,22,27)(H,24,25)/t14-,16-/m0/s1. The van der Waals surface area contributed by atoms with Gasteiger partial charge in [0.25, 0.3) is 0 Å². The van der Waals surface area contributed by atoms with Crippen LogP contribution >= 0.6 is 32.9 Å². The van der Waals surface area contributed by atoms with Crippen LogP contribution in [0.1, 0.15) is 34.6 Å². The van der Waals surface area contributed by atoms with Crippen LogP contribution in [0.3, 0.4) is 0 Å². The van der Waals surface area contributed by atoms with Crippen LogP contribution in [0.2, 0.25) is 0 Å². The van der Waals surface area contributed by atoms with Gasteiger partial charge in [0, 0.05) is 5.75 Å². The van der Waals surface area contributed by atoms with Gasteiger partial charge in [0.05, 0.1) is 17.3 Å². The maximum Gasteiger partial charge on any atom is 0.408 e. The molecule has 0 aliphatic rings. The highest BCUT2D eigenvalue weighted by Gasteiger charge is 2.30. The molecule has 0 unspecified atom stereocenters. The second kappa shape index (κ2) is 11.8. The quantitative estimate of drug-likeness (QED) is 0.390. The summed E-state index contributed by atoms with van der Waals surface area (Å²) < 4.78 is 12.0. The summed E-state index contributed by atoms with van der Waals surface area (Å²) in [6.45, 7) is 8.83. The van der Waals surface area contributed by atoms with Crippen LogP contribution in [0, 0.1) is 5.92 Å². The maximum absolute atomic E-state index is 12.9. The lowest BCUT2D eigenvalue weighted by atomic mass is 10.0. The molecule has 8 nitrogen and oxygen atoms in total. The average molecular weight is 500 g/mol. The number of benzene rings is 1. The summed E-state index contributed by atoms with van der Waals surface area (Å²) in [6.07, 6.45) is -0.706. The molecule has 11 heteroatoms. The molecule has 2 rings (SSSR count). The van der Waals surface area contributed by atoms with Gasteiger partial charge >= 0.3 is 12.1 Å². The first-order valence-corrected chi connectivity index (χ1v) is 13.2. The summed E-state index contributed by atoms with van der Waals surface area (Å²) in [5.74, 6) is -0.964. The van der Waals surface area contributed by atoms with Gasteiger partial charge in [-0.3, -0.25) is 4.79 Å². The van der Waals surface area contributed by atoms with Gasteiger partial charge in [-0.05, 0) is 49.6 Å². The fourth-order valence-electron chi connectivity index (χ4n) is 2.55. The number of alkyl carbamates (subject to hydrolysis) is 1. The number of esters is 1. The van der Waals surface area contributed by atoms with Crippen molar-refractivity contribution in [1.29, 1.82) is 0 Å². The van der Waals surface area contributed by atoms with E-state index in [-0.39, 0.29) is 11.7 Å². The Morgan fingerprint density at radius 3 is 2.44 bits per heavy atom. The van der Waals surface area contributed by atoms with Crippen LogP contribution in [0.4, 0.5) is 4.79 Å². The maximum atomic E-state index is 12.9. The largest absolute Gasteiger partial charge is 0.467 e. The number of hydrogen-bond acceptors (Lipinski definition) is 9. The molecule has 0 radical (unpaired) electrons. The number of carbonyl (C=O) groups excluding carboxylic acids is 3. The molecule has 0 spiro atoms. The van der Waals surface area contributed by atoms with E-state index in [4.69, 9.17) is 9.47 Å². The number of aromatic nitrogens is 1. The van der Waals surface area contributed by atoms with Gasteiger partial charge in [0.1, 0.15) is 17.7 Å². The van der Waals surface area contributed by atoms with Crippen molar-refractivity contribution in [3.8, 4) is 0 Å². The Labute approximate surface area is 200 Å². The minimum atomic E-state index is -0.914. The summed E-state index contributed by atoms with van der Waals surface area (Å²) in [6, 6.07) is 6.10. The van der Waals surface area contributed by atoms with Gasteiger partial charge in [-0.15, -0.1) is 11.3 Å². The normalized spacial score (nSPS) is 13.5. The molecule has 176 valence electrons. The highest BCUT2D eigenvalue weighted by Crippen LogP contribution is 2.36. The Morgan fingerprint density at radius 2 is 1.84 bits per heavy atom. The third-order valence-electron chi connectivity index (χ3n) is 4.07. The van der Waals surface area contributed by atoms with Crippen molar-refractivity contribution in [2.45, 2.75) is 56.6 Å². The third-order valence-corrected chi connectivity index (χ3v) is 7.77. The van der Waals surface area contributed by atoms with E-state index < -0.39 is 35.7 Å². The number of carbonyl (C=O) groups is 3. The van der Waals surface area contributed by atoms with E-state index >= 15 is 0 Å². The first-order chi connectivity index (χ1) is 15.0. The van der Waals surface area contributed by atoms with Crippen molar-refractivity contribution >= 4 is 61.1 Å². The summed E-state index contributed by atoms with van der Waals surface area (Å²) in [4.78, 5) is 41.8. The van der Waals surface area contributed by atoms with Gasteiger partial charge < -0.3 is 20.1 Å². The fourth-order valence-corrected chi connectivity index (χ4v) is 6.09. The second-order valence-corrected chi connectivity index (χ2v) is 11.9. The van der Waals surface area contributed by atoms with Crippen LogP contribution in [0.25, 0.3) is 10.2 Å². The van der Waals surface area contributed by atoms with E-state index in [0.29, 0.717) is 0 Å². The molecule has 0 aliphatic heterocycles. The third kappa shape index (κ3) is 8.18. The molecular weight excluding hydrogens is 470 g/mol. The average Bonchev–Trinajstić information content (AvgIpc) is 3.11. The molecule has 2 aromatic rings. The van der Waals surface area contributed by atoms with E-state index in [0.717, 1.165) is 14.6 Å². The highest BCUT2D eigenvalue weighted by atomic mass is 33.1. The van der Waals surface area contributed by atoms with Crippen molar-refractivity contribution in [3.63, 3.8) is 0 Å². The van der Waals surface area contributed by atoms with Crippen LogP contribution in [0.15, 0.2) is 28.6 Å². The highest BCUT2D eigenvalue weighted by molar-refractivity contribution is 8.77. The molecule has 0 aliphatic carbocycles. The monoisotopic (exact) mass is 499 g/mol. The lowest BCUT2D eigenvalue weighted by Gasteiger charge is -2.25. The smallest absolute Gasteiger partial charge is 0.408 e. The molecule has 2 amide bonds. The molecule has 1 aromatic carbocycles. The minimum absolute atomic E-state index is 0.182. The van der Waals surface area contributed by atoms with E-state index in [9.17, 15) is 14.4 Å². The molecule has 0 fully saturated rings. The lowest BCUT2D eigenvalue weighted by Crippen LogP contribution is -2.54. The molecule has 1 aromatic heterocycles. The predicted molar refractivity (Wildman–Crippen MR) is 130 cm³/mol. The van der Waals surface area contributed by atoms with Crippen LogP contribution in [0.5, 0.6) is 0 Å². The van der Waals surface area contributed by atoms with E-state index in [1.54, 1.807) is 46.0 Å². The zero-order chi connectivity index (χ0) is 23.9. The number of methoxy groups -OCH3 is 1. The zero-order valence-corrected chi connectivity index (χ0v) is 21.4. The lowest BCUT2D eigenvalue weighted by molar-refractivity contribution is -0.146. The number of ether oxygens (including phenoxy) is 2. The van der Waals surface area contributed by atoms with E-state index in [1.165, 1.54) is 28.7 Å². The number of hydrogen-bond donors (Lipinski definition) is 2. The number of fused-ring (bicyclic) bond motifs is 1. The number of rotatable bonds is 9. The Morgan fingerprint density at radius 1 is 1.16 bits per heavy atom. The number of nitrogens with one attached hydrogen (secondary N) is 2. The Balaban J connectivity index is 2.07. The summed E-state index contributed by atoms with van der Waals surface area (Å²) in [7, 11) is 4.08. The molecule has 0 saturated carbocycles. The predicted octanol–water partition coefficient (Wildman–Crippen LogP) is 4.24. The zero-order valence-electron chi connectivity index (χ0n) is 19.0. The molecule has 0 saturated heterocycles. The fraction of sp³-hybridized carbons (Fsp3) is 0.524. The molecule has 0 bridgehead atoms. The van der Waals surface area contributed by atoms with Crippen LogP contribution in [-0.4, -0.2) is 53.5 Å². The molecule has 1 heterocycles. The molecule has 32 heavy (non-hydrogen) atoms. The van der Waals surface area contributed by atoms with Crippen molar-refractivity contribution in [2.24, 2.45) is 5.92 Å². The van der Waals surface area contributed by atoms with Crippen molar-refractivity contribution in [1.82, 2.24) is 15.6 Å². The molecular formula is C21H29N3O5S3. The summed E-state index contributed by atoms with van der Waals surface area (Å²) in [5, 5.41) is 5.30. The summed E-state index contributed by atoms with van der Waals surface area (Å²) >= 11 is 1.56. The second-order valence-electron chi connectivity index (χ2n) is 8.27. The number of para-hydroxylation sites is 1. The topological polar surface area (TPSA) is 107 Å². The minimum Gasteiger partial charge on any atom is -0.467 e. The van der Waals surface area contributed by atoms with Crippen molar-refractivity contribution < 1.29 is 23.9 Å². The molecule has 2 N–H and O–H groups in total. The van der Waals surface area contributed by atoms with Crippen molar-refractivity contribution in [2.75, 3.05) is 12.9 Å². The Bertz CT molecular complexity index is 909. The Kier molecular flexibility index (Phi) is 9.65. The number of amides is 2. The molecule has 2 atom stereocenters. The van der Waals surface area contributed by atoms with Crippen LogP contribution in [-0.2, 0) is 19.1 Å². The first-order valence-electron chi connectivity index (χ1n) is 10.0. The Hall–Kier alpha value is -1.98. The van der Waals surface area contributed by atoms with Gasteiger partial charge in [-0.2, -0.15) is 0 Å². The SMILES string of the molecule is COC(=O)[C@@H](NC(=O)[C@H](CSSc1nc2ccccc2s1)NC(=O)OC(C)(C)C)C(C)C. The van der Waals surface area contributed by atoms with E-state index in [1.807, 2.05) is 24.3 Å². The number of thiazole rings is 1. The van der Waals surface area contributed by atoms with Gasteiger partial charge in [0.2, 0.25) is 5.91 Å². The van der Waals surface area contributed by atoms with Gasteiger partial charge in [-0.1, -0.05) is 36.8 Å². The van der Waals surface area contributed by atoms with Gasteiger partial charge in [-0.25, -0.2) is 14.6 Å². The van der Waals surface area contributed by atoms with Crippen LogP contribution < -0.4 is 10.6 Å². The summed E-state index contributed by atoms with van der Waals surface area (Å²) in [5.41, 5.74) is 0.208.